The van der Waals surface area contributed by atoms with Crippen LogP contribution in [0.1, 0.15) is 60.3 Å². The Morgan fingerprint density at radius 1 is 1.12 bits per heavy atom. The normalized spacial score (nSPS) is 12.2. The summed E-state index contributed by atoms with van der Waals surface area (Å²) >= 11 is 0. The monoisotopic (exact) mass is 349 g/mol. The predicted octanol–water partition coefficient (Wildman–Crippen LogP) is 3.59. The highest BCUT2D eigenvalue weighted by molar-refractivity contribution is 5.92. The van der Waals surface area contributed by atoms with Gasteiger partial charge >= 0.3 is 0 Å². The molecule has 6 nitrogen and oxygen atoms in total. The van der Waals surface area contributed by atoms with Crippen molar-refractivity contribution in [2.24, 2.45) is 0 Å². The second kappa shape index (κ2) is 7.47. The number of amides is 1. The zero-order chi connectivity index (χ0) is 18.7. The summed E-state index contributed by atoms with van der Waals surface area (Å²) in [6.45, 7) is 7.95. The van der Waals surface area contributed by atoms with Crippen molar-refractivity contribution < 1.29 is 4.79 Å². The number of carbonyl (C=O) groups excluding carboxylic acids is 1. The number of rotatable bonds is 5. The third-order valence-corrected chi connectivity index (χ3v) is 4.29. The number of hydrogen-bond acceptors (Lipinski definition) is 4. The van der Waals surface area contributed by atoms with E-state index in [4.69, 9.17) is 0 Å². The second-order valence-corrected chi connectivity index (χ2v) is 6.58. The van der Waals surface area contributed by atoms with E-state index in [-0.39, 0.29) is 17.9 Å². The minimum Gasteiger partial charge on any atom is -0.344 e. The van der Waals surface area contributed by atoms with Gasteiger partial charge in [-0.15, -0.1) is 0 Å². The van der Waals surface area contributed by atoms with E-state index >= 15 is 0 Å². The molecular formula is C20H23N5O. The van der Waals surface area contributed by atoms with E-state index in [1.807, 2.05) is 62.7 Å². The minimum absolute atomic E-state index is 0.173. The van der Waals surface area contributed by atoms with Crippen LogP contribution in [0.4, 0.5) is 0 Å². The summed E-state index contributed by atoms with van der Waals surface area (Å²) in [5.74, 6) is 0.624. The molecule has 2 heterocycles. The fraction of sp³-hybridized carbons (Fsp3) is 0.300. The first-order valence-corrected chi connectivity index (χ1v) is 8.71. The molecule has 0 bridgehead atoms. The molecule has 3 rings (SSSR count). The summed E-state index contributed by atoms with van der Waals surface area (Å²) in [4.78, 5) is 21.1. The first-order valence-electron chi connectivity index (χ1n) is 8.71. The Morgan fingerprint density at radius 2 is 1.85 bits per heavy atom. The van der Waals surface area contributed by atoms with Gasteiger partial charge in [0.05, 0.1) is 17.9 Å². The molecule has 0 aliphatic carbocycles. The lowest BCUT2D eigenvalue weighted by Gasteiger charge is -2.14. The zero-order valence-electron chi connectivity index (χ0n) is 15.5. The molecule has 1 aromatic carbocycles. The van der Waals surface area contributed by atoms with Gasteiger partial charge in [0.2, 0.25) is 0 Å². The van der Waals surface area contributed by atoms with Crippen LogP contribution in [0.15, 0.2) is 48.8 Å². The highest BCUT2D eigenvalue weighted by atomic mass is 16.1. The first kappa shape index (κ1) is 17.8. The molecule has 0 aliphatic heterocycles. The van der Waals surface area contributed by atoms with Crippen LogP contribution in [0, 0.1) is 6.92 Å². The molecule has 1 unspecified atom stereocenters. The second-order valence-electron chi connectivity index (χ2n) is 6.58. The van der Waals surface area contributed by atoms with E-state index in [2.05, 4.69) is 20.4 Å². The molecule has 0 radical (unpaired) electrons. The molecule has 1 N–H and O–H groups in total. The Balaban J connectivity index is 1.78. The Morgan fingerprint density at radius 3 is 2.54 bits per heavy atom. The smallest absolute Gasteiger partial charge is 0.270 e. The number of nitrogens with one attached hydrogen (secondary N) is 1. The quantitative estimate of drug-likeness (QED) is 0.764. The van der Waals surface area contributed by atoms with Gasteiger partial charge in [-0.1, -0.05) is 32.0 Å². The van der Waals surface area contributed by atoms with Crippen molar-refractivity contribution in [3.05, 3.63) is 71.6 Å². The summed E-state index contributed by atoms with van der Waals surface area (Å²) in [7, 11) is 0. The van der Waals surface area contributed by atoms with Crippen molar-refractivity contribution in [2.75, 3.05) is 0 Å². The van der Waals surface area contributed by atoms with Crippen molar-refractivity contribution in [2.45, 2.75) is 39.7 Å². The number of carbonyl (C=O) groups is 1. The van der Waals surface area contributed by atoms with E-state index in [1.54, 1.807) is 18.5 Å². The lowest BCUT2D eigenvalue weighted by Crippen LogP contribution is -2.28. The summed E-state index contributed by atoms with van der Waals surface area (Å²) in [5.41, 5.74) is 3.34. The maximum Gasteiger partial charge on any atom is 0.270 e. The Labute approximate surface area is 153 Å². The van der Waals surface area contributed by atoms with Gasteiger partial charge in [0.1, 0.15) is 11.5 Å². The first-order chi connectivity index (χ1) is 12.5. The van der Waals surface area contributed by atoms with Crippen LogP contribution in [0.2, 0.25) is 0 Å². The van der Waals surface area contributed by atoms with E-state index in [0.717, 1.165) is 16.9 Å². The third-order valence-electron chi connectivity index (χ3n) is 4.29. The molecule has 0 aliphatic rings. The van der Waals surface area contributed by atoms with E-state index in [9.17, 15) is 4.79 Å². The van der Waals surface area contributed by atoms with E-state index < -0.39 is 0 Å². The minimum atomic E-state index is -0.214. The number of benzene rings is 1. The van der Waals surface area contributed by atoms with Crippen LogP contribution < -0.4 is 5.32 Å². The van der Waals surface area contributed by atoms with Gasteiger partial charge in [-0.25, -0.2) is 14.6 Å². The van der Waals surface area contributed by atoms with Gasteiger partial charge in [0.15, 0.2) is 0 Å². The number of nitrogens with zero attached hydrogens (tertiary/aromatic N) is 4. The zero-order valence-corrected chi connectivity index (χ0v) is 15.5. The van der Waals surface area contributed by atoms with Crippen LogP contribution >= 0.6 is 0 Å². The van der Waals surface area contributed by atoms with Crippen LogP contribution in [0.3, 0.4) is 0 Å². The topological polar surface area (TPSA) is 72.7 Å². The molecule has 0 fully saturated rings. The standard InChI is InChI=1S/C20H23N5O/c1-13(2)19-21-11-10-18(24-19)20(26)23-14(3)17-12-22-25(15(17)4)16-8-6-5-7-9-16/h5-14H,1-4H3,(H,23,26). The van der Waals surface area contributed by atoms with Gasteiger partial charge in [-0.3, -0.25) is 4.79 Å². The lowest BCUT2D eigenvalue weighted by atomic mass is 10.1. The van der Waals surface area contributed by atoms with Gasteiger partial charge in [0.25, 0.3) is 5.91 Å². The largest absolute Gasteiger partial charge is 0.344 e. The molecule has 6 heteroatoms. The maximum atomic E-state index is 12.6. The summed E-state index contributed by atoms with van der Waals surface area (Å²) in [6, 6.07) is 11.4. The molecule has 134 valence electrons. The Kier molecular flexibility index (Phi) is 5.11. The summed E-state index contributed by atoms with van der Waals surface area (Å²) in [6.07, 6.45) is 3.42. The van der Waals surface area contributed by atoms with Crippen LogP contribution in [0.25, 0.3) is 5.69 Å². The predicted molar refractivity (Wildman–Crippen MR) is 100 cm³/mol. The Hall–Kier alpha value is -3.02. The Bertz CT molecular complexity index is 902. The highest BCUT2D eigenvalue weighted by Crippen LogP contribution is 2.20. The van der Waals surface area contributed by atoms with Gasteiger partial charge in [0, 0.05) is 23.4 Å². The van der Waals surface area contributed by atoms with Crippen molar-refractivity contribution in [1.82, 2.24) is 25.1 Å². The van der Waals surface area contributed by atoms with Crippen molar-refractivity contribution in [1.29, 1.82) is 0 Å². The number of para-hydroxylation sites is 1. The lowest BCUT2D eigenvalue weighted by molar-refractivity contribution is 0.0934. The molecule has 0 saturated heterocycles. The van der Waals surface area contributed by atoms with E-state index in [1.165, 1.54) is 0 Å². The van der Waals surface area contributed by atoms with E-state index in [0.29, 0.717) is 11.5 Å². The van der Waals surface area contributed by atoms with Crippen LogP contribution in [-0.4, -0.2) is 25.7 Å². The number of hydrogen-bond donors (Lipinski definition) is 1. The van der Waals surface area contributed by atoms with Crippen molar-refractivity contribution in [3.8, 4) is 5.69 Å². The summed E-state index contributed by atoms with van der Waals surface area (Å²) < 4.78 is 1.87. The molecule has 0 spiro atoms. The van der Waals surface area contributed by atoms with Crippen LogP contribution in [0.5, 0.6) is 0 Å². The van der Waals surface area contributed by atoms with Gasteiger partial charge < -0.3 is 5.32 Å². The average molecular weight is 349 g/mol. The fourth-order valence-corrected chi connectivity index (χ4v) is 2.80. The number of aromatic nitrogens is 4. The van der Waals surface area contributed by atoms with Gasteiger partial charge in [-0.05, 0) is 32.0 Å². The molecule has 1 amide bonds. The SMILES string of the molecule is Cc1c(C(C)NC(=O)c2ccnc(C(C)C)n2)cnn1-c1ccccc1. The van der Waals surface area contributed by atoms with Crippen LogP contribution in [-0.2, 0) is 0 Å². The molecule has 26 heavy (non-hydrogen) atoms. The summed E-state index contributed by atoms with van der Waals surface area (Å²) in [5, 5.41) is 7.47. The van der Waals surface area contributed by atoms with Gasteiger partial charge in [-0.2, -0.15) is 5.10 Å². The molecule has 3 aromatic rings. The fourth-order valence-electron chi connectivity index (χ4n) is 2.80. The molecule has 1 atom stereocenters. The third kappa shape index (κ3) is 3.64. The highest BCUT2D eigenvalue weighted by Gasteiger charge is 2.18. The van der Waals surface area contributed by atoms with Crippen molar-refractivity contribution >= 4 is 5.91 Å². The maximum absolute atomic E-state index is 12.6. The average Bonchev–Trinajstić information content (AvgIpc) is 3.04. The van der Waals surface area contributed by atoms with Crippen molar-refractivity contribution in [3.63, 3.8) is 0 Å². The molecular weight excluding hydrogens is 326 g/mol. The molecule has 0 saturated carbocycles. The molecule has 2 aromatic heterocycles.